The van der Waals surface area contributed by atoms with Gasteiger partial charge in [0.25, 0.3) is 0 Å². The minimum atomic E-state index is -3.81. The molecule has 3 nitrogen and oxygen atoms in total. The topological polar surface area (TPSA) is 35.5 Å². The minimum Gasteiger partial charge on any atom is -0.301 e. The Morgan fingerprint density at radius 1 is 0.952 bits per heavy atom. The average molecular weight is 435 g/mol. The van der Waals surface area contributed by atoms with Gasteiger partial charge in [0.2, 0.25) is 7.59 Å². The highest BCUT2D eigenvalue weighted by Crippen LogP contribution is 2.51. The molecule has 1 aromatic rings. The Balaban J connectivity index is 3.05. The number of halogens is 6. The van der Waals surface area contributed by atoms with Crippen LogP contribution in [-0.4, -0.2) is 20.8 Å². The van der Waals surface area contributed by atoms with Gasteiger partial charge in [0.15, 0.2) is 0 Å². The molecule has 0 saturated carbocycles. The van der Waals surface area contributed by atoms with Crippen LogP contribution < -0.4 is 5.30 Å². The zero-order chi connectivity index (χ0) is 16.3. The van der Waals surface area contributed by atoms with Crippen LogP contribution in [0.1, 0.15) is 5.56 Å². The summed E-state index contributed by atoms with van der Waals surface area (Å²) in [6, 6.07) is 6.76. The first kappa shape index (κ1) is 20.2. The van der Waals surface area contributed by atoms with E-state index in [2.05, 4.69) is 0 Å². The summed E-state index contributed by atoms with van der Waals surface area (Å²) in [7, 11) is -3.81. The van der Waals surface area contributed by atoms with Crippen molar-refractivity contribution in [2.75, 3.05) is 13.2 Å². The molecular formula is C11H11Cl6O3P. The van der Waals surface area contributed by atoms with Crippen molar-refractivity contribution in [1.29, 1.82) is 0 Å². The first-order valence-corrected chi connectivity index (χ1v) is 9.33. The molecule has 21 heavy (non-hydrogen) atoms. The lowest BCUT2D eigenvalue weighted by molar-refractivity contribution is 0.219. The molecule has 0 unspecified atom stereocenters. The average Bonchev–Trinajstić information content (AvgIpc) is 2.33. The van der Waals surface area contributed by atoms with Gasteiger partial charge in [0.05, 0.1) is 5.30 Å². The van der Waals surface area contributed by atoms with Crippen LogP contribution in [-0.2, 0) is 13.6 Å². The van der Waals surface area contributed by atoms with Crippen molar-refractivity contribution in [3.05, 3.63) is 29.8 Å². The molecule has 0 fully saturated rings. The van der Waals surface area contributed by atoms with Crippen molar-refractivity contribution >= 4 is 82.5 Å². The van der Waals surface area contributed by atoms with E-state index < -0.39 is 28.4 Å². The molecule has 1 aromatic carbocycles. The molecule has 1 rings (SSSR count). The van der Waals surface area contributed by atoms with Crippen molar-refractivity contribution < 1.29 is 13.6 Å². The molecule has 0 atom stereocenters. The number of hydrogen-bond acceptors (Lipinski definition) is 3. The quantitative estimate of drug-likeness (QED) is 0.448. The van der Waals surface area contributed by atoms with Crippen LogP contribution in [0.15, 0.2) is 24.3 Å². The number of hydrogen-bond donors (Lipinski definition) is 0. The molecule has 0 aliphatic carbocycles. The Morgan fingerprint density at radius 3 is 1.76 bits per heavy atom. The molecule has 0 aliphatic heterocycles. The molecule has 0 saturated heterocycles. The van der Waals surface area contributed by atoms with E-state index in [1.165, 1.54) is 0 Å². The van der Waals surface area contributed by atoms with Gasteiger partial charge in [0.1, 0.15) is 13.2 Å². The first-order chi connectivity index (χ1) is 9.43. The zero-order valence-corrected chi connectivity index (χ0v) is 16.1. The van der Waals surface area contributed by atoms with Gasteiger partial charge in [0, 0.05) is 0 Å². The van der Waals surface area contributed by atoms with E-state index in [0.717, 1.165) is 0 Å². The van der Waals surface area contributed by atoms with Crippen molar-refractivity contribution in [2.45, 2.75) is 14.5 Å². The fraction of sp³-hybridized carbons (Fsp3) is 0.455. The lowest BCUT2D eigenvalue weighted by Crippen LogP contribution is -2.22. The van der Waals surface area contributed by atoms with Gasteiger partial charge in [-0.15, -0.1) is 0 Å². The summed E-state index contributed by atoms with van der Waals surface area (Å²) in [5.74, 6) is 0. The highest BCUT2D eigenvalue weighted by atomic mass is 35.6. The summed E-state index contributed by atoms with van der Waals surface area (Å²) in [6.07, 6.45) is 0. The summed E-state index contributed by atoms with van der Waals surface area (Å²) >= 11 is 33.6. The minimum absolute atomic E-state index is 0.313. The van der Waals surface area contributed by atoms with E-state index >= 15 is 0 Å². The van der Waals surface area contributed by atoms with Gasteiger partial charge in [-0.1, -0.05) is 87.8 Å². The van der Waals surface area contributed by atoms with E-state index in [4.69, 9.17) is 78.7 Å². The van der Waals surface area contributed by atoms with E-state index in [-0.39, 0.29) is 0 Å². The van der Waals surface area contributed by atoms with E-state index in [1.807, 2.05) is 0 Å². The SMILES string of the molecule is Cc1ccccc1P(=O)(OCC(Cl)(Cl)Cl)OCC(Cl)(Cl)Cl. The molecule has 0 radical (unpaired) electrons. The largest absolute Gasteiger partial charge is 0.361 e. The third-order valence-corrected chi connectivity index (χ3v) is 4.89. The van der Waals surface area contributed by atoms with E-state index in [9.17, 15) is 4.57 Å². The zero-order valence-electron chi connectivity index (χ0n) is 10.7. The molecule has 0 aliphatic rings. The fourth-order valence-corrected chi connectivity index (χ4v) is 4.00. The van der Waals surface area contributed by atoms with Crippen molar-refractivity contribution in [2.24, 2.45) is 0 Å². The first-order valence-electron chi connectivity index (χ1n) is 5.52. The van der Waals surface area contributed by atoms with Gasteiger partial charge < -0.3 is 9.05 Å². The third-order valence-electron chi connectivity index (χ3n) is 2.21. The smallest absolute Gasteiger partial charge is 0.301 e. The van der Waals surface area contributed by atoms with Gasteiger partial charge in [-0.3, -0.25) is 4.57 Å². The monoisotopic (exact) mass is 432 g/mol. The Labute approximate surface area is 153 Å². The number of alkyl halides is 6. The van der Waals surface area contributed by atoms with E-state index in [0.29, 0.717) is 10.9 Å². The molecule has 0 N–H and O–H groups in total. The van der Waals surface area contributed by atoms with Gasteiger partial charge in [-0.25, -0.2) is 0 Å². The Bertz CT molecular complexity index is 503. The van der Waals surface area contributed by atoms with Crippen LogP contribution in [0.25, 0.3) is 0 Å². The summed E-state index contributed by atoms with van der Waals surface area (Å²) < 4.78 is 19.9. The van der Waals surface area contributed by atoms with E-state index in [1.54, 1.807) is 31.2 Å². The summed E-state index contributed by atoms with van der Waals surface area (Å²) in [5.41, 5.74) is 0.675. The van der Waals surface area contributed by atoms with Crippen LogP contribution in [0.4, 0.5) is 0 Å². The molecular weight excluding hydrogens is 424 g/mol. The Morgan fingerprint density at radius 2 is 1.38 bits per heavy atom. The Hall–Kier alpha value is 1.11. The second kappa shape index (κ2) is 7.79. The van der Waals surface area contributed by atoms with Gasteiger partial charge >= 0.3 is 7.60 Å². The molecule has 10 heteroatoms. The van der Waals surface area contributed by atoms with Crippen LogP contribution in [0.5, 0.6) is 0 Å². The highest BCUT2D eigenvalue weighted by molar-refractivity contribution is 7.62. The number of aryl methyl sites for hydroxylation is 1. The predicted octanol–water partition coefficient (Wildman–Crippen LogP) is 5.59. The number of rotatable bonds is 5. The molecule has 0 bridgehead atoms. The van der Waals surface area contributed by atoms with Crippen LogP contribution in [0.3, 0.4) is 0 Å². The molecule has 0 heterocycles. The standard InChI is InChI=1S/C11H11Cl6O3P/c1-8-4-2-3-5-9(8)21(18,19-6-10(12,13)14)20-7-11(15,16)17/h2-5H,6-7H2,1H3. The fourth-order valence-electron chi connectivity index (χ4n) is 1.36. The summed E-state index contributed by atoms with van der Waals surface area (Å²) in [4.78, 5) is 0. The maximum Gasteiger partial charge on any atom is 0.361 e. The van der Waals surface area contributed by atoms with Crippen LogP contribution in [0.2, 0.25) is 0 Å². The van der Waals surface area contributed by atoms with Crippen molar-refractivity contribution in [3.63, 3.8) is 0 Å². The molecule has 0 aromatic heterocycles. The van der Waals surface area contributed by atoms with Crippen LogP contribution >= 0.6 is 77.2 Å². The normalized spacial score (nSPS) is 13.5. The second-order valence-electron chi connectivity index (χ2n) is 4.06. The second-order valence-corrected chi connectivity index (χ2v) is 11.1. The summed E-state index contributed by atoms with van der Waals surface area (Å²) in [6.45, 7) is 0.853. The Kier molecular flexibility index (Phi) is 7.47. The molecule has 120 valence electrons. The molecule has 0 amide bonds. The maximum atomic E-state index is 12.9. The third kappa shape index (κ3) is 7.48. The van der Waals surface area contributed by atoms with Crippen molar-refractivity contribution in [1.82, 2.24) is 0 Å². The van der Waals surface area contributed by atoms with Crippen LogP contribution in [0, 0.1) is 6.92 Å². The van der Waals surface area contributed by atoms with Gasteiger partial charge in [-0.2, -0.15) is 0 Å². The van der Waals surface area contributed by atoms with Gasteiger partial charge in [-0.05, 0) is 18.6 Å². The highest BCUT2D eigenvalue weighted by Gasteiger charge is 2.36. The lowest BCUT2D eigenvalue weighted by Gasteiger charge is -2.23. The summed E-state index contributed by atoms with van der Waals surface area (Å²) in [5, 5.41) is 0.313. The molecule has 0 spiro atoms. The van der Waals surface area contributed by atoms with Crippen molar-refractivity contribution in [3.8, 4) is 0 Å². The maximum absolute atomic E-state index is 12.9. The lowest BCUT2D eigenvalue weighted by atomic mass is 10.2. The predicted molar refractivity (Wildman–Crippen MR) is 90.9 cm³/mol. The number of benzene rings is 1.